The van der Waals surface area contributed by atoms with Crippen molar-refractivity contribution >= 4 is 21.6 Å². The molecular weight excluding hydrogens is 302 g/mol. The lowest BCUT2D eigenvalue weighted by Crippen LogP contribution is -2.35. The van der Waals surface area contributed by atoms with Crippen LogP contribution in [-0.2, 0) is 10.0 Å². The van der Waals surface area contributed by atoms with Gasteiger partial charge in [0.2, 0.25) is 10.0 Å². The van der Waals surface area contributed by atoms with Crippen LogP contribution in [-0.4, -0.2) is 47.3 Å². The van der Waals surface area contributed by atoms with E-state index in [1.54, 1.807) is 12.1 Å². The van der Waals surface area contributed by atoms with Crippen LogP contribution >= 0.6 is 0 Å². The number of amides is 1. The van der Waals surface area contributed by atoms with Crippen molar-refractivity contribution in [2.75, 3.05) is 37.8 Å². The fourth-order valence-corrected chi connectivity index (χ4v) is 3.03. The van der Waals surface area contributed by atoms with E-state index in [4.69, 9.17) is 0 Å². The van der Waals surface area contributed by atoms with Gasteiger partial charge in [0, 0.05) is 38.4 Å². The quantitative estimate of drug-likeness (QED) is 0.668. The Morgan fingerprint density at radius 1 is 1.14 bits per heavy atom. The van der Waals surface area contributed by atoms with E-state index in [1.165, 1.54) is 0 Å². The van der Waals surface area contributed by atoms with Crippen molar-refractivity contribution in [1.29, 1.82) is 0 Å². The van der Waals surface area contributed by atoms with Crippen molar-refractivity contribution in [3.63, 3.8) is 0 Å². The Labute approximate surface area is 132 Å². The molecule has 0 aliphatic rings. The summed E-state index contributed by atoms with van der Waals surface area (Å²) in [4.78, 5) is 13.9. The summed E-state index contributed by atoms with van der Waals surface area (Å²) in [6.07, 6.45) is 1.47. The molecule has 0 radical (unpaired) electrons. The zero-order valence-corrected chi connectivity index (χ0v) is 14.2. The number of nitrogens with zero attached hydrogens (tertiary/aromatic N) is 1. The smallest absolute Gasteiger partial charge is 0.251 e. The predicted molar refractivity (Wildman–Crippen MR) is 89.8 cm³/mol. The molecule has 0 fully saturated rings. The Balaban J connectivity index is 2.37. The fourth-order valence-electron chi connectivity index (χ4n) is 1.80. The maximum Gasteiger partial charge on any atom is 0.251 e. The van der Waals surface area contributed by atoms with E-state index >= 15 is 0 Å². The van der Waals surface area contributed by atoms with Gasteiger partial charge in [-0.05, 0) is 30.7 Å². The molecule has 22 heavy (non-hydrogen) atoms. The molecule has 0 aliphatic heterocycles. The largest absolute Gasteiger partial charge is 0.378 e. The highest BCUT2D eigenvalue weighted by Gasteiger charge is 2.09. The van der Waals surface area contributed by atoms with Crippen molar-refractivity contribution in [3.8, 4) is 0 Å². The molecule has 0 unspecified atom stereocenters. The minimum Gasteiger partial charge on any atom is -0.378 e. The van der Waals surface area contributed by atoms with Crippen molar-refractivity contribution in [2.24, 2.45) is 0 Å². The van der Waals surface area contributed by atoms with Crippen molar-refractivity contribution in [1.82, 2.24) is 10.0 Å². The molecule has 1 amide bonds. The summed E-state index contributed by atoms with van der Waals surface area (Å²) in [6.45, 7) is 2.41. The SMILES string of the molecule is CCCCS(=O)(=O)NCCNC(=O)c1ccc(N(C)C)cc1. The number of rotatable bonds is 9. The third-order valence-electron chi connectivity index (χ3n) is 3.15. The lowest BCUT2D eigenvalue weighted by molar-refractivity contribution is 0.0954. The summed E-state index contributed by atoms with van der Waals surface area (Å²) in [5.74, 6) is -0.0817. The number of nitrogens with one attached hydrogen (secondary N) is 2. The number of sulfonamides is 1. The average molecular weight is 327 g/mol. The molecule has 0 aliphatic carbocycles. The Morgan fingerprint density at radius 2 is 1.77 bits per heavy atom. The third-order valence-corrected chi connectivity index (χ3v) is 4.62. The molecule has 0 aromatic heterocycles. The number of carbonyl (C=O) groups is 1. The number of hydrogen-bond donors (Lipinski definition) is 2. The van der Waals surface area contributed by atoms with Crippen LogP contribution in [0.4, 0.5) is 5.69 Å². The molecule has 0 heterocycles. The molecule has 0 saturated heterocycles. The first-order valence-corrected chi connectivity index (χ1v) is 9.04. The molecule has 0 bridgehead atoms. The molecule has 1 aromatic carbocycles. The molecule has 2 N–H and O–H groups in total. The third kappa shape index (κ3) is 6.44. The molecule has 0 atom stereocenters. The maximum absolute atomic E-state index is 11.9. The van der Waals surface area contributed by atoms with Gasteiger partial charge >= 0.3 is 0 Å². The van der Waals surface area contributed by atoms with E-state index in [9.17, 15) is 13.2 Å². The van der Waals surface area contributed by atoms with Gasteiger partial charge in [-0.25, -0.2) is 13.1 Å². The van der Waals surface area contributed by atoms with Gasteiger partial charge in [-0.15, -0.1) is 0 Å². The van der Waals surface area contributed by atoms with Gasteiger partial charge in [0.05, 0.1) is 5.75 Å². The Morgan fingerprint density at radius 3 is 2.32 bits per heavy atom. The van der Waals surface area contributed by atoms with Crippen molar-refractivity contribution in [2.45, 2.75) is 19.8 Å². The van der Waals surface area contributed by atoms with E-state index in [-0.39, 0.29) is 24.7 Å². The number of hydrogen-bond acceptors (Lipinski definition) is 4. The number of benzene rings is 1. The van der Waals surface area contributed by atoms with Gasteiger partial charge < -0.3 is 10.2 Å². The summed E-state index contributed by atoms with van der Waals surface area (Å²) in [5, 5.41) is 2.70. The molecule has 0 saturated carbocycles. The van der Waals surface area contributed by atoms with Crippen LogP contribution in [0.15, 0.2) is 24.3 Å². The zero-order chi connectivity index (χ0) is 16.6. The second-order valence-electron chi connectivity index (χ2n) is 5.26. The lowest BCUT2D eigenvalue weighted by Gasteiger charge is -2.12. The highest BCUT2D eigenvalue weighted by molar-refractivity contribution is 7.89. The average Bonchev–Trinajstić information content (AvgIpc) is 2.49. The first-order valence-electron chi connectivity index (χ1n) is 7.38. The lowest BCUT2D eigenvalue weighted by atomic mass is 10.2. The van der Waals surface area contributed by atoms with Crippen LogP contribution < -0.4 is 14.9 Å². The molecule has 1 aromatic rings. The van der Waals surface area contributed by atoms with Gasteiger partial charge in [0.25, 0.3) is 5.91 Å². The highest BCUT2D eigenvalue weighted by atomic mass is 32.2. The van der Waals surface area contributed by atoms with Crippen LogP contribution in [0, 0.1) is 0 Å². The van der Waals surface area contributed by atoms with Crippen LogP contribution in [0.2, 0.25) is 0 Å². The summed E-state index contributed by atoms with van der Waals surface area (Å²) < 4.78 is 25.6. The predicted octanol–water partition coefficient (Wildman–Crippen LogP) is 1.20. The van der Waals surface area contributed by atoms with Crippen molar-refractivity contribution < 1.29 is 13.2 Å². The van der Waals surface area contributed by atoms with Crippen LogP contribution in [0.25, 0.3) is 0 Å². The van der Waals surface area contributed by atoms with Gasteiger partial charge in [0.1, 0.15) is 0 Å². The Kier molecular flexibility index (Phi) is 7.34. The Hall–Kier alpha value is -1.60. The normalized spacial score (nSPS) is 11.2. The second-order valence-corrected chi connectivity index (χ2v) is 7.19. The maximum atomic E-state index is 11.9. The first kappa shape index (κ1) is 18.4. The fraction of sp³-hybridized carbons (Fsp3) is 0.533. The van der Waals surface area contributed by atoms with E-state index < -0.39 is 10.0 Å². The van der Waals surface area contributed by atoms with Gasteiger partial charge in [0.15, 0.2) is 0 Å². The van der Waals surface area contributed by atoms with Gasteiger partial charge in [-0.1, -0.05) is 13.3 Å². The minimum atomic E-state index is -3.23. The van der Waals surface area contributed by atoms with Crippen LogP contribution in [0.3, 0.4) is 0 Å². The zero-order valence-electron chi connectivity index (χ0n) is 13.4. The highest BCUT2D eigenvalue weighted by Crippen LogP contribution is 2.11. The minimum absolute atomic E-state index is 0.128. The van der Waals surface area contributed by atoms with Crippen LogP contribution in [0.1, 0.15) is 30.1 Å². The van der Waals surface area contributed by atoms with E-state index in [0.29, 0.717) is 12.0 Å². The second kappa shape index (κ2) is 8.75. The Bertz CT molecular complexity index is 568. The topological polar surface area (TPSA) is 78.5 Å². The summed E-state index contributed by atoms with van der Waals surface area (Å²) in [7, 11) is 0.632. The molecule has 1 rings (SSSR count). The molecule has 0 spiro atoms. The summed E-state index contributed by atoms with van der Waals surface area (Å²) >= 11 is 0. The monoisotopic (exact) mass is 327 g/mol. The van der Waals surface area contributed by atoms with E-state index in [1.807, 2.05) is 38.1 Å². The van der Waals surface area contributed by atoms with E-state index in [2.05, 4.69) is 10.0 Å². The number of anilines is 1. The van der Waals surface area contributed by atoms with E-state index in [0.717, 1.165) is 12.1 Å². The van der Waals surface area contributed by atoms with Crippen LogP contribution in [0.5, 0.6) is 0 Å². The van der Waals surface area contributed by atoms with Gasteiger partial charge in [-0.2, -0.15) is 0 Å². The first-order chi connectivity index (χ1) is 10.4. The molecule has 124 valence electrons. The molecule has 6 nitrogen and oxygen atoms in total. The number of unbranched alkanes of at least 4 members (excludes halogenated alkanes) is 1. The summed E-state index contributed by atoms with van der Waals surface area (Å²) in [6, 6.07) is 7.22. The molecular formula is C15H25N3O3S. The molecule has 7 heteroatoms. The standard InChI is InChI=1S/C15H25N3O3S/c1-4-5-12-22(20,21)17-11-10-16-15(19)13-6-8-14(9-7-13)18(2)3/h6-9,17H,4-5,10-12H2,1-3H3,(H,16,19). The summed E-state index contributed by atoms with van der Waals surface area (Å²) in [5.41, 5.74) is 1.57. The van der Waals surface area contributed by atoms with Crippen molar-refractivity contribution in [3.05, 3.63) is 29.8 Å². The van der Waals surface area contributed by atoms with Gasteiger partial charge in [-0.3, -0.25) is 4.79 Å². The number of carbonyl (C=O) groups excluding carboxylic acids is 1.